The van der Waals surface area contributed by atoms with Crippen molar-refractivity contribution in [1.82, 2.24) is 9.97 Å². The summed E-state index contributed by atoms with van der Waals surface area (Å²) in [5.74, 6) is 6.38. The molecule has 1 heterocycles. The Bertz CT molecular complexity index is 727. The third-order valence-electron chi connectivity index (χ3n) is 3.06. The second-order valence-corrected chi connectivity index (χ2v) is 4.45. The number of nitrogens with zero attached hydrogens (tertiary/aromatic N) is 2. The van der Waals surface area contributed by atoms with E-state index in [1.165, 1.54) is 0 Å². The molecule has 5 nitrogen and oxygen atoms in total. The first-order chi connectivity index (χ1) is 10.4. The van der Waals surface area contributed by atoms with Gasteiger partial charge in [-0.15, -0.1) is 0 Å². The van der Waals surface area contributed by atoms with Gasteiger partial charge in [0.2, 0.25) is 5.95 Å². The van der Waals surface area contributed by atoms with Gasteiger partial charge in [-0.05, 0) is 17.7 Å². The largest absolute Gasteiger partial charge is 0.340 e. The fourth-order valence-electron chi connectivity index (χ4n) is 2.10. The minimum atomic E-state index is 0.372. The number of nitrogens with one attached hydrogen (secondary N) is 2. The zero-order valence-corrected chi connectivity index (χ0v) is 11.3. The van der Waals surface area contributed by atoms with Crippen LogP contribution in [-0.2, 0) is 0 Å². The SMILES string of the molecule is NNc1nccc(Nc2ccccc2-c2ccccc2)n1. The van der Waals surface area contributed by atoms with Crippen molar-refractivity contribution >= 4 is 17.5 Å². The summed E-state index contributed by atoms with van der Waals surface area (Å²) in [6.45, 7) is 0. The van der Waals surface area contributed by atoms with E-state index in [0.717, 1.165) is 16.8 Å². The van der Waals surface area contributed by atoms with Crippen LogP contribution in [0.2, 0.25) is 0 Å². The molecular formula is C16H15N5. The van der Waals surface area contributed by atoms with Gasteiger partial charge in [0.15, 0.2) is 0 Å². The van der Waals surface area contributed by atoms with Gasteiger partial charge in [-0.3, -0.25) is 5.43 Å². The lowest BCUT2D eigenvalue weighted by Crippen LogP contribution is -2.10. The molecule has 2 aromatic carbocycles. The van der Waals surface area contributed by atoms with E-state index in [9.17, 15) is 0 Å². The van der Waals surface area contributed by atoms with Crippen molar-refractivity contribution in [2.24, 2.45) is 5.84 Å². The van der Waals surface area contributed by atoms with Gasteiger partial charge in [0.1, 0.15) is 5.82 Å². The molecule has 0 bridgehead atoms. The highest BCUT2D eigenvalue weighted by Crippen LogP contribution is 2.29. The van der Waals surface area contributed by atoms with Crippen LogP contribution in [0.4, 0.5) is 17.5 Å². The van der Waals surface area contributed by atoms with Crippen LogP contribution in [0.3, 0.4) is 0 Å². The van der Waals surface area contributed by atoms with Gasteiger partial charge >= 0.3 is 0 Å². The Balaban J connectivity index is 1.96. The van der Waals surface area contributed by atoms with Gasteiger partial charge < -0.3 is 5.32 Å². The fourth-order valence-corrected chi connectivity index (χ4v) is 2.10. The van der Waals surface area contributed by atoms with Crippen molar-refractivity contribution in [2.45, 2.75) is 0 Å². The molecule has 0 saturated heterocycles. The topological polar surface area (TPSA) is 75.9 Å². The number of hydrazine groups is 1. The molecule has 0 amide bonds. The van der Waals surface area contributed by atoms with Crippen LogP contribution in [0.15, 0.2) is 66.9 Å². The molecule has 0 atom stereocenters. The predicted octanol–water partition coefficient (Wildman–Crippen LogP) is 3.17. The molecule has 104 valence electrons. The summed E-state index contributed by atoms with van der Waals surface area (Å²) in [4.78, 5) is 8.26. The summed E-state index contributed by atoms with van der Waals surface area (Å²) in [5, 5.41) is 3.30. The van der Waals surface area contributed by atoms with Crippen molar-refractivity contribution in [1.29, 1.82) is 0 Å². The molecule has 0 aliphatic rings. The van der Waals surface area contributed by atoms with Crippen molar-refractivity contribution < 1.29 is 0 Å². The van der Waals surface area contributed by atoms with E-state index in [0.29, 0.717) is 11.8 Å². The Labute approximate surface area is 122 Å². The number of para-hydroxylation sites is 1. The zero-order chi connectivity index (χ0) is 14.5. The van der Waals surface area contributed by atoms with E-state index in [2.05, 4.69) is 38.9 Å². The number of aromatic nitrogens is 2. The van der Waals surface area contributed by atoms with Crippen molar-refractivity contribution in [3.05, 3.63) is 66.9 Å². The van der Waals surface area contributed by atoms with Crippen molar-refractivity contribution in [3.8, 4) is 11.1 Å². The first-order valence-corrected chi connectivity index (χ1v) is 6.58. The number of anilines is 3. The molecule has 3 aromatic rings. The number of hydrogen-bond donors (Lipinski definition) is 3. The maximum absolute atomic E-state index is 5.33. The Morgan fingerprint density at radius 2 is 1.62 bits per heavy atom. The molecule has 21 heavy (non-hydrogen) atoms. The van der Waals surface area contributed by atoms with E-state index in [1.54, 1.807) is 12.3 Å². The summed E-state index contributed by atoms with van der Waals surface area (Å²) in [5.41, 5.74) is 5.67. The summed E-state index contributed by atoms with van der Waals surface area (Å²) in [7, 11) is 0. The minimum Gasteiger partial charge on any atom is -0.340 e. The molecule has 0 radical (unpaired) electrons. The first-order valence-electron chi connectivity index (χ1n) is 6.58. The molecule has 0 spiro atoms. The highest BCUT2D eigenvalue weighted by molar-refractivity contribution is 5.80. The highest BCUT2D eigenvalue weighted by atomic mass is 15.3. The van der Waals surface area contributed by atoms with E-state index in [4.69, 9.17) is 5.84 Å². The first kappa shape index (κ1) is 13.1. The fraction of sp³-hybridized carbons (Fsp3) is 0. The van der Waals surface area contributed by atoms with Crippen LogP contribution < -0.4 is 16.6 Å². The Hall–Kier alpha value is -2.92. The van der Waals surface area contributed by atoms with Crippen LogP contribution in [-0.4, -0.2) is 9.97 Å². The average Bonchev–Trinajstić information content (AvgIpc) is 2.56. The molecule has 3 rings (SSSR count). The smallest absolute Gasteiger partial charge is 0.239 e. The third-order valence-corrected chi connectivity index (χ3v) is 3.06. The molecule has 0 aliphatic heterocycles. The number of benzene rings is 2. The standard InChI is InChI=1S/C16H15N5/c17-21-16-18-11-10-15(20-16)19-14-9-5-4-8-13(14)12-6-2-1-3-7-12/h1-11H,17H2,(H2,18,19,20,21). The van der Waals surface area contributed by atoms with Gasteiger partial charge in [-0.25, -0.2) is 10.8 Å². The van der Waals surface area contributed by atoms with Crippen LogP contribution in [0, 0.1) is 0 Å². The van der Waals surface area contributed by atoms with E-state index in [1.807, 2.05) is 36.4 Å². The van der Waals surface area contributed by atoms with E-state index >= 15 is 0 Å². The molecule has 0 aliphatic carbocycles. The van der Waals surface area contributed by atoms with Gasteiger partial charge in [0.25, 0.3) is 0 Å². The Morgan fingerprint density at radius 3 is 2.43 bits per heavy atom. The zero-order valence-electron chi connectivity index (χ0n) is 11.3. The maximum atomic E-state index is 5.33. The normalized spacial score (nSPS) is 10.1. The third kappa shape index (κ3) is 2.98. The predicted molar refractivity (Wildman–Crippen MR) is 85.0 cm³/mol. The lowest BCUT2D eigenvalue weighted by atomic mass is 10.0. The van der Waals surface area contributed by atoms with Gasteiger partial charge in [0, 0.05) is 17.4 Å². The number of nitrogen functional groups attached to an aromatic ring is 1. The summed E-state index contributed by atoms with van der Waals surface area (Å²) in [6, 6.07) is 20.1. The lowest BCUT2D eigenvalue weighted by molar-refractivity contribution is 1.12. The number of rotatable bonds is 4. The summed E-state index contributed by atoms with van der Waals surface area (Å²) >= 11 is 0. The minimum absolute atomic E-state index is 0.372. The second kappa shape index (κ2) is 6.02. The summed E-state index contributed by atoms with van der Waals surface area (Å²) in [6.07, 6.45) is 1.65. The Kier molecular flexibility index (Phi) is 3.75. The second-order valence-electron chi connectivity index (χ2n) is 4.45. The van der Waals surface area contributed by atoms with E-state index in [-0.39, 0.29) is 0 Å². The van der Waals surface area contributed by atoms with Gasteiger partial charge in [-0.2, -0.15) is 4.98 Å². The number of nitrogens with two attached hydrogens (primary N) is 1. The van der Waals surface area contributed by atoms with Crippen molar-refractivity contribution in [2.75, 3.05) is 10.7 Å². The number of hydrogen-bond acceptors (Lipinski definition) is 5. The van der Waals surface area contributed by atoms with Gasteiger partial charge in [-0.1, -0.05) is 48.5 Å². The van der Waals surface area contributed by atoms with Crippen molar-refractivity contribution in [3.63, 3.8) is 0 Å². The molecule has 5 heteroatoms. The molecular weight excluding hydrogens is 262 g/mol. The Morgan fingerprint density at radius 1 is 0.857 bits per heavy atom. The molecule has 0 fully saturated rings. The lowest BCUT2D eigenvalue weighted by Gasteiger charge is -2.12. The molecule has 4 N–H and O–H groups in total. The van der Waals surface area contributed by atoms with Crippen LogP contribution in [0.1, 0.15) is 0 Å². The van der Waals surface area contributed by atoms with E-state index < -0.39 is 0 Å². The quantitative estimate of drug-likeness (QED) is 0.504. The molecule has 1 aromatic heterocycles. The maximum Gasteiger partial charge on any atom is 0.239 e. The highest BCUT2D eigenvalue weighted by Gasteiger charge is 2.05. The summed E-state index contributed by atoms with van der Waals surface area (Å²) < 4.78 is 0. The van der Waals surface area contributed by atoms with Crippen LogP contribution >= 0.6 is 0 Å². The monoisotopic (exact) mass is 277 g/mol. The van der Waals surface area contributed by atoms with Crippen LogP contribution in [0.25, 0.3) is 11.1 Å². The van der Waals surface area contributed by atoms with Crippen LogP contribution in [0.5, 0.6) is 0 Å². The molecule has 0 unspecified atom stereocenters. The van der Waals surface area contributed by atoms with Gasteiger partial charge in [0.05, 0.1) is 0 Å². The average molecular weight is 277 g/mol. The molecule has 0 saturated carbocycles.